The summed E-state index contributed by atoms with van der Waals surface area (Å²) in [6.45, 7) is 0.883. The standard InChI is InChI=1S/C8H11NO6/c1-8(15,7(13)14)9-4(6(11)12)2-3-5(9)10/h4,15H,2-3H2,1H3,(H,11,12)(H,13,14)/t4-,8?/m0/s1. The van der Waals surface area contributed by atoms with Gasteiger partial charge in [0.05, 0.1) is 0 Å². The molecule has 2 atom stereocenters. The largest absolute Gasteiger partial charge is 0.480 e. The molecule has 0 saturated carbocycles. The summed E-state index contributed by atoms with van der Waals surface area (Å²) < 4.78 is 0. The molecule has 7 nitrogen and oxygen atoms in total. The predicted molar refractivity (Wildman–Crippen MR) is 45.8 cm³/mol. The van der Waals surface area contributed by atoms with Crippen LogP contribution in [0.5, 0.6) is 0 Å². The molecule has 1 fully saturated rings. The number of carboxylic acid groups (broad SMARTS) is 2. The molecule has 0 aromatic rings. The van der Waals surface area contributed by atoms with Crippen LogP contribution in [-0.2, 0) is 14.4 Å². The fourth-order valence-corrected chi connectivity index (χ4v) is 1.57. The molecule has 1 unspecified atom stereocenters. The first-order chi connectivity index (χ1) is 6.78. The summed E-state index contributed by atoms with van der Waals surface area (Å²) in [7, 11) is 0. The minimum absolute atomic E-state index is 0.0115. The Labute approximate surface area is 84.9 Å². The lowest BCUT2D eigenvalue weighted by Crippen LogP contribution is -2.58. The van der Waals surface area contributed by atoms with Gasteiger partial charge in [-0.2, -0.15) is 0 Å². The highest BCUT2D eigenvalue weighted by Gasteiger charge is 2.50. The van der Waals surface area contributed by atoms with Crippen LogP contribution >= 0.6 is 0 Å². The SMILES string of the molecule is CC(O)(C(=O)O)N1C(=O)CC[C@H]1C(=O)O. The van der Waals surface area contributed by atoms with Crippen molar-refractivity contribution in [2.75, 3.05) is 0 Å². The predicted octanol–water partition coefficient (Wildman–Crippen LogP) is -1.14. The van der Waals surface area contributed by atoms with Gasteiger partial charge in [-0.05, 0) is 13.3 Å². The van der Waals surface area contributed by atoms with E-state index in [1.165, 1.54) is 0 Å². The molecule has 15 heavy (non-hydrogen) atoms. The average Bonchev–Trinajstić information content (AvgIpc) is 2.47. The number of rotatable bonds is 3. The van der Waals surface area contributed by atoms with Gasteiger partial charge >= 0.3 is 11.9 Å². The van der Waals surface area contributed by atoms with Gasteiger partial charge in [0.2, 0.25) is 11.6 Å². The minimum Gasteiger partial charge on any atom is -0.480 e. The van der Waals surface area contributed by atoms with Crippen molar-refractivity contribution >= 4 is 17.8 Å². The Kier molecular flexibility index (Phi) is 2.67. The number of aliphatic hydroxyl groups is 1. The van der Waals surface area contributed by atoms with Crippen molar-refractivity contribution in [2.24, 2.45) is 0 Å². The van der Waals surface area contributed by atoms with E-state index in [1.54, 1.807) is 0 Å². The van der Waals surface area contributed by atoms with Crippen LogP contribution in [0, 0.1) is 0 Å². The maximum Gasteiger partial charge on any atom is 0.357 e. The molecular weight excluding hydrogens is 206 g/mol. The van der Waals surface area contributed by atoms with Crippen LogP contribution in [0.15, 0.2) is 0 Å². The molecule has 0 spiro atoms. The highest BCUT2D eigenvalue weighted by Crippen LogP contribution is 2.26. The Balaban J connectivity index is 3.04. The van der Waals surface area contributed by atoms with E-state index in [2.05, 4.69) is 0 Å². The zero-order chi connectivity index (χ0) is 11.8. The summed E-state index contributed by atoms with van der Waals surface area (Å²) in [6.07, 6.45) is -0.0575. The van der Waals surface area contributed by atoms with E-state index in [1.807, 2.05) is 0 Å². The van der Waals surface area contributed by atoms with Gasteiger partial charge in [0.1, 0.15) is 6.04 Å². The molecule has 0 bridgehead atoms. The van der Waals surface area contributed by atoms with Crippen molar-refractivity contribution in [3.63, 3.8) is 0 Å². The summed E-state index contributed by atoms with van der Waals surface area (Å²) in [5.74, 6) is -3.64. The van der Waals surface area contributed by atoms with Crippen LogP contribution in [0.25, 0.3) is 0 Å². The first-order valence-electron chi connectivity index (χ1n) is 4.29. The first kappa shape index (κ1) is 11.4. The van der Waals surface area contributed by atoms with Gasteiger partial charge in [-0.1, -0.05) is 0 Å². The first-order valence-corrected chi connectivity index (χ1v) is 4.29. The van der Waals surface area contributed by atoms with E-state index in [4.69, 9.17) is 10.2 Å². The second-order valence-corrected chi connectivity index (χ2v) is 3.48. The van der Waals surface area contributed by atoms with Gasteiger partial charge in [0.15, 0.2) is 0 Å². The molecule has 3 N–H and O–H groups in total. The minimum atomic E-state index is -2.48. The molecule has 1 rings (SSSR count). The molecule has 1 amide bonds. The normalized spacial score (nSPS) is 25.1. The van der Waals surface area contributed by atoms with Crippen molar-refractivity contribution in [1.29, 1.82) is 0 Å². The quantitative estimate of drug-likeness (QED) is 0.550. The topological polar surface area (TPSA) is 115 Å². The zero-order valence-electron chi connectivity index (χ0n) is 8.01. The summed E-state index contributed by atoms with van der Waals surface area (Å²) in [4.78, 5) is 33.2. The Bertz CT molecular complexity index is 323. The molecule has 84 valence electrons. The van der Waals surface area contributed by atoms with Crippen LogP contribution in [0.3, 0.4) is 0 Å². The number of amides is 1. The number of carboxylic acids is 2. The smallest absolute Gasteiger partial charge is 0.357 e. The number of carbonyl (C=O) groups is 3. The van der Waals surface area contributed by atoms with Crippen LogP contribution in [-0.4, -0.2) is 49.8 Å². The fraction of sp³-hybridized carbons (Fsp3) is 0.625. The lowest BCUT2D eigenvalue weighted by Gasteiger charge is -2.32. The van der Waals surface area contributed by atoms with Crippen molar-refractivity contribution in [3.05, 3.63) is 0 Å². The van der Waals surface area contributed by atoms with Crippen LogP contribution in [0.4, 0.5) is 0 Å². The van der Waals surface area contributed by atoms with Gasteiger partial charge in [-0.3, -0.25) is 9.69 Å². The van der Waals surface area contributed by atoms with E-state index in [-0.39, 0.29) is 12.8 Å². The molecule has 0 aliphatic carbocycles. The summed E-state index contributed by atoms with van der Waals surface area (Å²) >= 11 is 0. The molecule has 1 heterocycles. The number of nitrogens with zero attached hydrogens (tertiary/aromatic N) is 1. The van der Waals surface area contributed by atoms with Crippen LogP contribution in [0.2, 0.25) is 0 Å². The molecule has 0 aromatic carbocycles. The Morgan fingerprint density at radius 1 is 1.47 bits per heavy atom. The molecule has 7 heteroatoms. The summed E-state index contributed by atoms with van der Waals surface area (Å²) in [5, 5.41) is 27.0. The number of hydrogen-bond acceptors (Lipinski definition) is 4. The molecule has 0 aromatic heterocycles. The van der Waals surface area contributed by atoms with Gasteiger partial charge in [0, 0.05) is 6.42 Å². The average molecular weight is 217 g/mol. The van der Waals surface area contributed by atoms with Gasteiger partial charge in [-0.25, -0.2) is 9.59 Å². The molecule has 1 saturated heterocycles. The lowest BCUT2D eigenvalue weighted by molar-refractivity contribution is -0.188. The molecular formula is C8H11NO6. The molecule has 0 radical (unpaired) electrons. The van der Waals surface area contributed by atoms with E-state index in [0.29, 0.717) is 4.90 Å². The Morgan fingerprint density at radius 2 is 2.00 bits per heavy atom. The number of carbonyl (C=O) groups excluding carboxylic acids is 1. The third kappa shape index (κ3) is 1.78. The fourth-order valence-electron chi connectivity index (χ4n) is 1.57. The second-order valence-electron chi connectivity index (χ2n) is 3.48. The van der Waals surface area contributed by atoms with E-state index >= 15 is 0 Å². The van der Waals surface area contributed by atoms with Gasteiger partial charge in [-0.15, -0.1) is 0 Å². The third-order valence-corrected chi connectivity index (χ3v) is 2.37. The Hall–Kier alpha value is -1.63. The third-order valence-electron chi connectivity index (χ3n) is 2.37. The van der Waals surface area contributed by atoms with Crippen molar-refractivity contribution in [2.45, 2.75) is 31.5 Å². The van der Waals surface area contributed by atoms with Crippen LogP contribution in [0.1, 0.15) is 19.8 Å². The van der Waals surface area contributed by atoms with Crippen molar-refractivity contribution in [3.8, 4) is 0 Å². The maximum absolute atomic E-state index is 11.3. The van der Waals surface area contributed by atoms with E-state index in [9.17, 15) is 19.5 Å². The van der Waals surface area contributed by atoms with Crippen molar-refractivity contribution in [1.82, 2.24) is 4.90 Å². The number of likely N-dealkylation sites (tertiary alicyclic amines) is 1. The Morgan fingerprint density at radius 3 is 2.40 bits per heavy atom. The van der Waals surface area contributed by atoms with E-state index < -0.39 is 29.6 Å². The van der Waals surface area contributed by atoms with Crippen LogP contribution < -0.4 is 0 Å². The number of hydrogen-bond donors (Lipinski definition) is 3. The maximum atomic E-state index is 11.3. The highest BCUT2D eigenvalue weighted by molar-refractivity contribution is 5.92. The zero-order valence-corrected chi connectivity index (χ0v) is 8.01. The van der Waals surface area contributed by atoms with Crippen molar-refractivity contribution < 1.29 is 29.7 Å². The monoisotopic (exact) mass is 217 g/mol. The molecule has 1 aliphatic rings. The lowest BCUT2D eigenvalue weighted by atomic mass is 10.1. The summed E-state index contributed by atoms with van der Waals surface area (Å²) in [5.41, 5.74) is -2.48. The number of aliphatic carboxylic acids is 2. The highest BCUT2D eigenvalue weighted by atomic mass is 16.4. The van der Waals surface area contributed by atoms with Gasteiger partial charge < -0.3 is 15.3 Å². The van der Waals surface area contributed by atoms with Gasteiger partial charge in [0.25, 0.3) is 0 Å². The van der Waals surface area contributed by atoms with E-state index in [0.717, 1.165) is 6.92 Å². The summed E-state index contributed by atoms with van der Waals surface area (Å²) in [6, 6.07) is -1.27. The second kappa shape index (κ2) is 3.50. The molecule has 1 aliphatic heterocycles.